The molecular weight excluding hydrogens is 473 g/mol. The molecule has 0 fully saturated rings. The van der Waals surface area contributed by atoms with Gasteiger partial charge in [-0.25, -0.2) is 14.4 Å². The van der Waals surface area contributed by atoms with E-state index >= 15 is 0 Å². The number of aliphatic hydroxyl groups excluding tert-OH is 1. The SMILES string of the molecule is CCOc1cnc(C)cc1Nc1nccc(-c2ccn([C@H](CO)c3ccc(Cl)c(F)c3)c(=O)c2)n1. The largest absolute Gasteiger partial charge is 0.490 e. The van der Waals surface area contributed by atoms with E-state index in [1.807, 2.05) is 19.9 Å². The Morgan fingerprint density at radius 2 is 2.03 bits per heavy atom. The van der Waals surface area contributed by atoms with Gasteiger partial charge in [0.1, 0.15) is 5.82 Å². The number of benzene rings is 1. The highest BCUT2D eigenvalue weighted by atomic mass is 35.5. The Bertz CT molecular complexity index is 1410. The predicted octanol–water partition coefficient (Wildman–Crippen LogP) is 4.53. The number of pyridine rings is 2. The van der Waals surface area contributed by atoms with Gasteiger partial charge in [0.2, 0.25) is 5.95 Å². The molecule has 4 aromatic rings. The van der Waals surface area contributed by atoms with E-state index in [0.29, 0.717) is 40.8 Å². The van der Waals surface area contributed by atoms with E-state index in [1.165, 1.54) is 22.8 Å². The number of hydrogen-bond acceptors (Lipinski definition) is 7. The van der Waals surface area contributed by atoms with Crippen molar-refractivity contribution in [2.75, 3.05) is 18.5 Å². The fraction of sp³-hybridized carbons (Fsp3) is 0.200. The summed E-state index contributed by atoms with van der Waals surface area (Å²) in [5, 5.41) is 13.0. The number of rotatable bonds is 8. The van der Waals surface area contributed by atoms with E-state index in [2.05, 4.69) is 20.3 Å². The van der Waals surface area contributed by atoms with E-state index in [4.69, 9.17) is 16.3 Å². The Balaban J connectivity index is 1.63. The molecule has 0 aliphatic rings. The third-order valence-corrected chi connectivity index (χ3v) is 5.59. The third kappa shape index (κ3) is 5.47. The quantitative estimate of drug-likeness (QED) is 0.370. The van der Waals surface area contributed by atoms with Crippen LogP contribution < -0.4 is 15.6 Å². The van der Waals surface area contributed by atoms with Gasteiger partial charge in [0.05, 0.1) is 41.9 Å². The van der Waals surface area contributed by atoms with Crippen molar-refractivity contribution in [3.63, 3.8) is 0 Å². The number of aryl methyl sites for hydroxylation is 1. The van der Waals surface area contributed by atoms with Crippen LogP contribution in [0.2, 0.25) is 5.02 Å². The van der Waals surface area contributed by atoms with Crippen LogP contribution in [0.25, 0.3) is 11.3 Å². The molecule has 0 aliphatic heterocycles. The average molecular weight is 496 g/mol. The van der Waals surface area contributed by atoms with Crippen molar-refractivity contribution in [3.8, 4) is 17.0 Å². The summed E-state index contributed by atoms with van der Waals surface area (Å²) in [7, 11) is 0. The first kappa shape index (κ1) is 24.3. The Morgan fingerprint density at radius 1 is 1.20 bits per heavy atom. The molecular formula is C25H23ClFN5O3. The maximum atomic E-state index is 13.9. The van der Waals surface area contributed by atoms with E-state index in [1.54, 1.807) is 36.8 Å². The molecule has 0 radical (unpaired) electrons. The highest BCUT2D eigenvalue weighted by Gasteiger charge is 2.17. The standard InChI is InChI=1S/C25H23ClFN5O3/c1-3-35-23-13-29-15(2)10-21(23)31-25-28-8-6-20(30-25)16-7-9-32(24(34)12-16)22(14-33)17-4-5-18(26)19(27)11-17/h4-13,22,33H,3,14H2,1-2H3,(H,28,29,30,31)/t22-/m1/s1. The average Bonchev–Trinajstić information content (AvgIpc) is 2.84. The molecule has 0 unspecified atom stereocenters. The number of aromatic nitrogens is 4. The molecule has 2 N–H and O–H groups in total. The molecule has 3 aromatic heterocycles. The van der Waals surface area contributed by atoms with Crippen LogP contribution in [0.3, 0.4) is 0 Å². The lowest BCUT2D eigenvalue weighted by Crippen LogP contribution is -2.27. The molecule has 0 bridgehead atoms. The number of hydrogen-bond donors (Lipinski definition) is 2. The van der Waals surface area contributed by atoms with Gasteiger partial charge in [-0.15, -0.1) is 0 Å². The first-order chi connectivity index (χ1) is 16.9. The minimum atomic E-state index is -0.766. The van der Waals surface area contributed by atoms with Crippen molar-refractivity contribution in [2.24, 2.45) is 0 Å². The smallest absolute Gasteiger partial charge is 0.251 e. The summed E-state index contributed by atoms with van der Waals surface area (Å²) in [6.07, 6.45) is 4.76. The summed E-state index contributed by atoms with van der Waals surface area (Å²) >= 11 is 5.76. The summed E-state index contributed by atoms with van der Waals surface area (Å²) in [6.45, 7) is 3.84. The van der Waals surface area contributed by atoms with E-state index < -0.39 is 18.5 Å². The number of aliphatic hydroxyl groups is 1. The van der Waals surface area contributed by atoms with E-state index in [-0.39, 0.29) is 10.6 Å². The van der Waals surface area contributed by atoms with Gasteiger partial charge >= 0.3 is 0 Å². The lowest BCUT2D eigenvalue weighted by Gasteiger charge is -2.18. The van der Waals surface area contributed by atoms with Crippen LogP contribution in [-0.4, -0.2) is 37.8 Å². The summed E-state index contributed by atoms with van der Waals surface area (Å²) in [6, 6.07) is 10.0. The van der Waals surface area contributed by atoms with Crippen LogP contribution in [0.15, 0.2) is 65.8 Å². The molecule has 0 spiro atoms. The topological polar surface area (TPSA) is 102 Å². The number of ether oxygens (including phenoxy) is 1. The number of nitrogens with one attached hydrogen (secondary N) is 1. The normalized spacial score (nSPS) is 11.8. The van der Waals surface area contributed by atoms with Gasteiger partial charge in [-0.2, -0.15) is 0 Å². The minimum Gasteiger partial charge on any atom is -0.490 e. The van der Waals surface area contributed by atoms with Gasteiger partial charge in [0.15, 0.2) is 5.75 Å². The molecule has 1 atom stereocenters. The van der Waals surface area contributed by atoms with Gasteiger partial charge in [-0.05, 0) is 49.7 Å². The maximum Gasteiger partial charge on any atom is 0.251 e. The van der Waals surface area contributed by atoms with Crippen molar-refractivity contribution in [2.45, 2.75) is 19.9 Å². The number of halogens is 2. The Morgan fingerprint density at radius 3 is 2.74 bits per heavy atom. The third-order valence-electron chi connectivity index (χ3n) is 5.29. The van der Waals surface area contributed by atoms with Gasteiger partial charge in [0, 0.05) is 29.7 Å². The molecule has 4 rings (SSSR count). The van der Waals surface area contributed by atoms with Crippen molar-refractivity contribution in [3.05, 3.63) is 93.5 Å². The van der Waals surface area contributed by atoms with Gasteiger partial charge < -0.3 is 19.7 Å². The molecule has 35 heavy (non-hydrogen) atoms. The van der Waals surface area contributed by atoms with E-state index in [0.717, 1.165) is 5.69 Å². The summed E-state index contributed by atoms with van der Waals surface area (Å²) in [5.74, 6) is 0.275. The fourth-order valence-electron chi connectivity index (χ4n) is 3.60. The molecule has 0 amide bonds. The molecule has 180 valence electrons. The first-order valence-electron chi connectivity index (χ1n) is 10.9. The van der Waals surface area contributed by atoms with E-state index in [9.17, 15) is 14.3 Å². The monoisotopic (exact) mass is 495 g/mol. The number of nitrogens with zero attached hydrogens (tertiary/aromatic N) is 4. The second-order valence-electron chi connectivity index (χ2n) is 7.68. The summed E-state index contributed by atoms with van der Waals surface area (Å²) in [5.41, 5.74) is 2.60. The van der Waals surface area contributed by atoms with Gasteiger partial charge in [-0.3, -0.25) is 9.78 Å². The van der Waals surface area contributed by atoms with Crippen molar-refractivity contribution < 1.29 is 14.2 Å². The molecule has 10 heteroatoms. The zero-order valence-corrected chi connectivity index (χ0v) is 19.8. The lowest BCUT2D eigenvalue weighted by molar-refractivity contribution is 0.247. The highest BCUT2D eigenvalue weighted by Crippen LogP contribution is 2.27. The van der Waals surface area contributed by atoms with Crippen LogP contribution in [-0.2, 0) is 0 Å². The van der Waals surface area contributed by atoms with Crippen molar-refractivity contribution >= 4 is 23.2 Å². The predicted molar refractivity (Wildman–Crippen MR) is 132 cm³/mol. The molecule has 0 aliphatic carbocycles. The van der Waals surface area contributed by atoms with Gasteiger partial charge in [-0.1, -0.05) is 17.7 Å². The van der Waals surface area contributed by atoms with Crippen LogP contribution in [0.5, 0.6) is 5.75 Å². The Labute approximate surface area is 206 Å². The maximum absolute atomic E-state index is 13.9. The Kier molecular flexibility index (Phi) is 7.38. The lowest BCUT2D eigenvalue weighted by atomic mass is 10.1. The zero-order chi connectivity index (χ0) is 24.9. The molecule has 8 nitrogen and oxygen atoms in total. The molecule has 0 saturated heterocycles. The molecule has 3 heterocycles. The van der Waals surface area contributed by atoms with Crippen LogP contribution in [0.1, 0.15) is 24.2 Å². The van der Waals surface area contributed by atoms with Gasteiger partial charge in [0.25, 0.3) is 5.56 Å². The highest BCUT2D eigenvalue weighted by molar-refractivity contribution is 6.30. The molecule has 0 saturated carbocycles. The second-order valence-corrected chi connectivity index (χ2v) is 8.09. The Hall–Kier alpha value is -3.82. The van der Waals surface area contributed by atoms with Crippen molar-refractivity contribution in [1.29, 1.82) is 0 Å². The minimum absolute atomic E-state index is 0.0309. The van der Waals surface area contributed by atoms with Crippen LogP contribution >= 0.6 is 11.6 Å². The first-order valence-corrected chi connectivity index (χ1v) is 11.2. The van der Waals surface area contributed by atoms with Crippen LogP contribution in [0.4, 0.5) is 16.0 Å². The van der Waals surface area contributed by atoms with Crippen LogP contribution in [0, 0.1) is 12.7 Å². The fourth-order valence-corrected chi connectivity index (χ4v) is 3.71. The van der Waals surface area contributed by atoms with Crippen molar-refractivity contribution in [1.82, 2.24) is 19.5 Å². The summed E-state index contributed by atoms with van der Waals surface area (Å²) < 4.78 is 20.9. The number of anilines is 2. The zero-order valence-electron chi connectivity index (χ0n) is 19.1. The molecule has 1 aromatic carbocycles. The second kappa shape index (κ2) is 10.6. The summed E-state index contributed by atoms with van der Waals surface area (Å²) in [4.78, 5) is 26.0.